The fourth-order valence-electron chi connectivity index (χ4n) is 9.79. The van der Waals surface area contributed by atoms with Crippen molar-refractivity contribution >= 4 is 98.0 Å². The normalized spacial score (nSPS) is 12.1. The van der Waals surface area contributed by atoms with E-state index >= 15 is 0 Å². The van der Waals surface area contributed by atoms with Crippen molar-refractivity contribution in [3.8, 4) is 39.9 Å². The van der Waals surface area contributed by atoms with E-state index in [2.05, 4.69) is 138 Å². The van der Waals surface area contributed by atoms with E-state index in [4.69, 9.17) is 23.8 Å². The van der Waals surface area contributed by atoms with Crippen molar-refractivity contribution in [2.45, 2.75) is 0 Å². The number of para-hydroxylation sites is 2. The molecule has 0 aliphatic heterocycles. The van der Waals surface area contributed by atoms with E-state index in [1.165, 1.54) is 43.4 Å². The van der Waals surface area contributed by atoms with E-state index in [0.717, 1.165) is 77.0 Å². The summed E-state index contributed by atoms with van der Waals surface area (Å²) in [5, 5.41) is 13.8. The van der Waals surface area contributed by atoms with Crippen LogP contribution in [-0.2, 0) is 0 Å². The molecular formula is C57H32N4O2. The average Bonchev–Trinajstić information content (AvgIpc) is 4.01. The van der Waals surface area contributed by atoms with E-state index in [1.54, 1.807) is 0 Å². The second kappa shape index (κ2) is 12.9. The van der Waals surface area contributed by atoms with Gasteiger partial charge in [-0.05, 0) is 99.0 Å². The van der Waals surface area contributed by atoms with Crippen LogP contribution in [0.5, 0.6) is 0 Å². The van der Waals surface area contributed by atoms with Gasteiger partial charge < -0.3 is 13.4 Å². The lowest BCUT2D eigenvalue weighted by atomic mass is 10.0. The van der Waals surface area contributed by atoms with Crippen LogP contribution in [-0.4, -0.2) is 19.5 Å². The molecule has 14 rings (SSSR count). The van der Waals surface area contributed by atoms with Crippen molar-refractivity contribution in [1.29, 1.82) is 0 Å². The number of furan rings is 2. The smallest absolute Gasteiger partial charge is 0.167 e. The molecule has 0 fully saturated rings. The van der Waals surface area contributed by atoms with Crippen LogP contribution in [0.4, 0.5) is 0 Å². The molecule has 0 saturated carbocycles. The van der Waals surface area contributed by atoms with Gasteiger partial charge in [0, 0.05) is 49.1 Å². The van der Waals surface area contributed by atoms with Crippen LogP contribution in [0.1, 0.15) is 0 Å². The lowest BCUT2D eigenvalue weighted by molar-refractivity contribution is 0.669. The molecule has 10 aromatic carbocycles. The number of hydrogen-bond donors (Lipinski definition) is 0. The van der Waals surface area contributed by atoms with Crippen molar-refractivity contribution in [1.82, 2.24) is 19.5 Å². The number of hydrogen-bond acceptors (Lipinski definition) is 5. The van der Waals surface area contributed by atoms with Crippen LogP contribution in [0.25, 0.3) is 138 Å². The molecule has 6 heteroatoms. The predicted octanol–water partition coefficient (Wildman–Crippen LogP) is 15.2. The first-order valence-corrected chi connectivity index (χ1v) is 21.2. The second-order valence-electron chi connectivity index (χ2n) is 16.4. The quantitative estimate of drug-likeness (QED) is 0.177. The topological polar surface area (TPSA) is 69.9 Å². The van der Waals surface area contributed by atoms with Gasteiger partial charge >= 0.3 is 0 Å². The molecule has 0 aliphatic rings. The van der Waals surface area contributed by atoms with Crippen LogP contribution in [0.15, 0.2) is 203 Å². The number of rotatable bonds is 4. The zero-order valence-electron chi connectivity index (χ0n) is 33.6. The molecule has 0 saturated heterocycles. The van der Waals surface area contributed by atoms with Gasteiger partial charge in [0.1, 0.15) is 22.3 Å². The molecule has 63 heavy (non-hydrogen) atoms. The highest BCUT2D eigenvalue weighted by molar-refractivity contribution is 6.21. The van der Waals surface area contributed by atoms with E-state index in [-0.39, 0.29) is 0 Å². The summed E-state index contributed by atoms with van der Waals surface area (Å²) in [6.07, 6.45) is 0. The Hall–Kier alpha value is -8.61. The minimum Gasteiger partial charge on any atom is -0.456 e. The molecule has 0 bridgehead atoms. The lowest BCUT2D eigenvalue weighted by Gasteiger charge is -2.11. The highest BCUT2D eigenvalue weighted by atomic mass is 16.3. The van der Waals surface area contributed by atoms with Gasteiger partial charge in [-0.25, -0.2) is 15.0 Å². The van der Waals surface area contributed by atoms with Gasteiger partial charge in [-0.15, -0.1) is 0 Å². The Bertz CT molecular complexity index is 4120. The van der Waals surface area contributed by atoms with Crippen LogP contribution < -0.4 is 0 Å². The van der Waals surface area contributed by atoms with Gasteiger partial charge in [0.25, 0.3) is 0 Å². The molecule has 0 aliphatic carbocycles. The van der Waals surface area contributed by atoms with Gasteiger partial charge in [-0.2, -0.15) is 0 Å². The van der Waals surface area contributed by atoms with Crippen molar-refractivity contribution in [2.24, 2.45) is 0 Å². The van der Waals surface area contributed by atoms with Crippen molar-refractivity contribution < 1.29 is 8.83 Å². The predicted molar refractivity (Wildman–Crippen MR) is 258 cm³/mol. The Morgan fingerprint density at radius 3 is 1.73 bits per heavy atom. The van der Waals surface area contributed by atoms with Gasteiger partial charge in [-0.1, -0.05) is 127 Å². The number of fused-ring (bicyclic) bond motifs is 13. The summed E-state index contributed by atoms with van der Waals surface area (Å²) in [5.74, 6) is 1.67. The maximum Gasteiger partial charge on any atom is 0.167 e. The maximum atomic E-state index is 6.72. The third-order valence-corrected chi connectivity index (χ3v) is 12.8. The van der Waals surface area contributed by atoms with E-state index in [0.29, 0.717) is 17.5 Å². The monoisotopic (exact) mass is 804 g/mol. The summed E-state index contributed by atoms with van der Waals surface area (Å²) >= 11 is 0. The minimum absolute atomic E-state index is 0.540. The first kappa shape index (κ1) is 34.1. The zero-order valence-corrected chi connectivity index (χ0v) is 33.6. The maximum absolute atomic E-state index is 6.72. The molecule has 292 valence electrons. The van der Waals surface area contributed by atoms with E-state index in [1.807, 2.05) is 60.7 Å². The van der Waals surface area contributed by atoms with Crippen molar-refractivity contribution in [3.05, 3.63) is 194 Å². The summed E-state index contributed by atoms with van der Waals surface area (Å²) in [6.45, 7) is 0. The van der Waals surface area contributed by atoms with Gasteiger partial charge in [-0.3, -0.25) is 0 Å². The second-order valence-corrected chi connectivity index (χ2v) is 16.4. The first-order chi connectivity index (χ1) is 31.2. The largest absolute Gasteiger partial charge is 0.456 e. The fourth-order valence-corrected chi connectivity index (χ4v) is 9.79. The highest BCUT2D eigenvalue weighted by Crippen LogP contribution is 2.41. The fraction of sp³-hybridized carbons (Fsp3) is 0. The molecule has 6 nitrogen and oxygen atoms in total. The number of aromatic nitrogens is 4. The molecule has 0 atom stereocenters. The first-order valence-electron chi connectivity index (χ1n) is 21.2. The van der Waals surface area contributed by atoms with Gasteiger partial charge in [0.05, 0.1) is 16.6 Å². The Labute approximate surface area is 358 Å². The SMILES string of the molecule is c1ccc(-c2nc(-c3ccc4c(c3)oc3ccc5ccc(-n6c7cc8ccccc8cc7c7cc8ccccc8cc76)cc5c34)nc(-c3cccc4c3oc3ccccc34)n2)cc1. The van der Waals surface area contributed by atoms with Gasteiger partial charge in [0.2, 0.25) is 0 Å². The molecule has 0 N–H and O–H groups in total. The van der Waals surface area contributed by atoms with E-state index < -0.39 is 0 Å². The molecule has 0 radical (unpaired) electrons. The summed E-state index contributed by atoms with van der Waals surface area (Å²) in [4.78, 5) is 15.2. The molecule has 14 aromatic rings. The summed E-state index contributed by atoms with van der Waals surface area (Å²) in [5.41, 5.74) is 9.14. The summed E-state index contributed by atoms with van der Waals surface area (Å²) in [6, 6.07) is 68.2. The van der Waals surface area contributed by atoms with Crippen LogP contribution >= 0.6 is 0 Å². The Balaban J connectivity index is 0.960. The summed E-state index contributed by atoms with van der Waals surface area (Å²) < 4.78 is 15.6. The summed E-state index contributed by atoms with van der Waals surface area (Å²) in [7, 11) is 0. The van der Waals surface area contributed by atoms with Crippen LogP contribution in [0, 0.1) is 0 Å². The zero-order chi connectivity index (χ0) is 41.2. The molecule has 4 heterocycles. The standard InChI is InChI=1S/C57H32N4O2/c1-2-11-34(12-3-1)55-58-56(60-57(59-55)44-19-10-18-42-41-17-8-9-20-50(41)63-54(42)44)39-22-25-43-52(31-39)62-51-26-23-33-21-24-40(32-45(33)53(43)51)61-48-29-37-15-6-4-13-35(37)27-46(48)47-28-36-14-5-7-16-38(36)30-49(47)61/h1-32H. The van der Waals surface area contributed by atoms with Crippen molar-refractivity contribution in [3.63, 3.8) is 0 Å². The van der Waals surface area contributed by atoms with E-state index in [9.17, 15) is 0 Å². The lowest BCUT2D eigenvalue weighted by Crippen LogP contribution is -2.00. The average molecular weight is 805 g/mol. The molecule has 0 unspecified atom stereocenters. The number of nitrogens with zero attached hydrogens (tertiary/aromatic N) is 4. The molecule has 0 amide bonds. The van der Waals surface area contributed by atoms with Gasteiger partial charge in [0.15, 0.2) is 17.5 Å². The Morgan fingerprint density at radius 2 is 0.968 bits per heavy atom. The molecular weight excluding hydrogens is 773 g/mol. The Morgan fingerprint density at radius 1 is 0.333 bits per heavy atom. The van der Waals surface area contributed by atoms with Crippen LogP contribution in [0.3, 0.4) is 0 Å². The third-order valence-electron chi connectivity index (χ3n) is 12.8. The molecule has 4 aromatic heterocycles. The minimum atomic E-state index is 0.540. The molecule has 0 spiro atoms. The third kappa shape index (κ3) is 5.15. The van der Waals surface area contributed by atoms with Crippen LogP contribution in [0.2, 0.25) is 0 Å². The Kier molecular flexibility index (Phi) is 7.02. The van der Waals surface area contributed by atoms with Crippen molar-refractivity contribution in [2.75, 3.05) is 0 Å². The highest BCUT2D eigenvalue weighted by Gasteiger charge is 2.20. The number of benzene rings is 10.